The zero-order chi connectivity index (χ0) is 70.7. The number of unbranched alkanes of at least 4 members (excludes halogenated alkanes) is 46. The van der Waals surface area contributed by atoms with Gasteiger partial charge in [0.15, 0.2) is 12.2 Å². The van der Waals surface area contributed by atoms with Gasteiger partial charge in [-0.3, -0.25) is 37.3 Å². The highest BCUT2D eigenvalue weighted by atomic mass is 31.2. The molecule has 0 aliphatic carbocycles. The number of carbonyl (C=O) groups excluding carboxylic acids is 4. The highest BCUT2D eigenvalue weighted by Gasteiger charge is 2.30. The van der Waals surface area contributed by atoms with E-state index in [-0.39, 0.29) is 25.7 Å². The monoisotopic (exact) mass is 1410 g/mol. The Bertz CT molecular complexity index is 1860. The van der Waals surface area contributed by atoms with Crippen LogP contribution < -0.4 is 0 Å². The van der Waals surface area contributed by atoms with E-state index in [2.05, 4.69) is 41.5 Å². The molecule has 0 aromatic carbocycles. The minimum atomic E-state index is -4.96. The summed E-state index contributed by atoms with van der Waals surface area (Å²) in [6.07, 6.45) is 57.5. The summed E-state index contributed by atoms with van der Waals surface area (Å²) < 4.78 is 68.3. The molecular formula is C77H150O17P2. The predicted octanol–water partition coefficient (Wildman–Crippen LogP) is 22.7. The van der Waals surface area contributed by atoms with E-state index in [0.29, 0.717) is 31.6 Å². The molecule has 0 heterocycles. The lowest BCUT2D eigenvalue weighted by Crippen LogP contribution is -2.30. The van der Waals surface area contributed by atoms with Crippen molar-refractivity contribution in [3.8, 4) is 0 Å². The first-order valence-electron chi connectivity index (χ1n) is 40.0. The molecule has 0 aliphatic heterocycles. The summed E-state index contributed by atoms with van der Waals surface area (Å²) in [6.45, 7) is 9.49. The van der Waals surface area contributed by atoms with Gasteiger partial charge >= 0.3 is 39.5 Å². The van der Waals surface area contributed by atoms with E-state index in [1.807, 2.05) is 0 Å². The number of aliphatic hydroxyl groups excluding tert-OH is 1. The number of aliphatic hydroxyl groups is 1. The van der Waals surface area contributed by atoms with Gasteiger partial charge in [-0.25, -0.2) is 9.13 Å². The first-order valence-corrected chi connectivity index (χ1v) is 43.0. The number of hydrogen-bond acceptors (Lipinski definition) is 15. The Balaban J connectivity index is 5.13. The van der Waals surface area contributed by atoms with Crippen LogP contribution in [-0.2, 0) is 65.4 Å². The summed E-state index contributed by atoms with van der Waals surface area (Å²) in [6, 6.07) is 0. The van der Waals surface area contributed by atoms with E-state index < -0.39 is 97.5 Å². The molecule has 0 aromatic rings. The number of hydrogen-bond donors (Lipinski definition) is 3. The van der Waals surface area contributed by atoms with Crippen LogP contribution in [0.1, 0.15) is 401 Å². The summed E-state index contributed by atoms with van der Waals surface area (Å²) >= 11 is 0. The SMILES string of the molecule is CCCCCCCCCCCCCCCCCCCCCC(=O)OC[C@H](COP(=O)(O)OC[C@@H](O)COP(=O)(O)OC[C@@H](COC(=O)CCCCCCCCC)OC(=O)CCCCCCCCC(C)C)OC(=O)CCCCCCCCCCCCCCCCCCCCC(C)C. The van der Waals surface area contributed by atoms with E-state index in [0.717, 1.165) is 109 Å². The average molecular weight is 1410 g/mol. The topological polar surface area (TPSA) is 237 Å². The van der Waals surface area contributed by atoms with Crippen LogP contribution in [0.25, 0.3) is 0 Å². The molecule has 96 heavy (non-hydrogen) atoms. The van der Waals surface area contributed by atoms with Gasteiger partial charge in [0.1, 0.15) is 19.3 Å². The van der Waals surface area contributed by atoms with E-state index in [9.17, 15) is 43.2 Å². The maximum Gasteiger partial charge on any atom is 0.472 e. The highest BCUT2D eigenvalue weighted by molar-refractivity contribution is 7.47. The van der Waals surface area contributed by atoms with Crippen molar-refractivity contribution >= 4 is 39.5 Å². The summed E-state index contributed by atoms with van der Waals surface area (Å²) in [4.78, 5) is 72.6. The zero-order valence-electron chi connectivity index (χ0n) is 62.7. The van der Waals surface area contributed by atoms with Crippen molar-refractivity contribution in [3.63, 3.8) is 0 Å². The molecule has 0 aromatic heterocycles. The Kier molecular flexibility index (Phi) is 67.4. The predicted molar refractivity (Wildman–Crippen MR) is 391 cm³/mol. The van der Waals surface area contributed by atoms with Crippen molar-refractivity contribution in [1.82, 2.24) is 0 Å². The molecule has 2 unspecified atom stereocenters. The molecule has 17 nitrogen and oxygen atoms in total. The van der Waals surface area contributed by atoms with Crippen LogP contribution in [0.4, 0.5) is 0 Å². The van der Waals surface area contributed by atoms with Crippen LogP contribution in [0, 0.1) is 11.8 Å². The van der Waals surface area contributed by atoms with Crippen molar-refractivity contribution in [2.75, 3.05) is 39.6 Å². The molecule has 19 heteroatoms. The third-order valence-corrected chi connectivity index (χ3v) is 19.9. The van der Waals surface area contributed by atoms with Crippen molar-refractivity contribution in [3.05, 3.63) is 0 Å². The zero-order valence-corrected chi connectivity index (χ0v) is 64.5. The lowest BCUT2D eigenvalue weighted by molar-refractivity contribution is -0.161. The van der Waals surface area contributed by atoms with Crippen molar-refractivity contribution < 1.29 is 80.2 Å². The number of phosphoric acid groups is 2. The normalized spacial score (nSPS) is 14.0. The second-order valence-corrected chi connectivity index (χ2v) is 31.6. The minimum absolute atomic E-state index is 0.102. The number of phosphoric ester groups is 2. The Morgan fingerprint density at radius 2 is 0.479 bits per heavy atom. The van der Waals surface area contributed by atoms with Crippen molar-refractivity contribution in [1.29, 1.82) is 0 Å². The second-order valence-electron chi connectivity index (χ2n) is 28.7. The molecule has 0 saturated carbocycles. The van der Waals surface area contributed by atoms with Gasteiger partial charge in [-0.15, -0.1) is 0 Å². The van der Waals surface area contributed by atoms with E-state index in [1.54, 1.807) is 0 Å². The third kappa shape index (κ3) is 70.5. The smallest absolute Gasteiger partial charge is 0.462 e. The second kappa shape index (κ2) is 68.8. The minimum Gasteiger partial charge on any atom is -0.462 e. The number of rotatable bonds is 76. The van der Waals surface area contributed by atoms with Crippen LogP contribution in [0.5, 0.6) is 0 Å². The van der Waals surface area contributed by atoms with Gasteiger partial charge in [0.05, 0.1) is 26.4 Å². The fraction of sp³-hybridized carbons (Fsp3) is 0.948. The summed E-state index contributed by atoms with van der Waals surface area (Å²) in [5.41, 5.74) is 0. The average Bonchev–Trinajstić information content (AvgIpc) is 1.18. The first kappa shape index (κ1) is 94.1. The fourth-order valence-corrected chi connectivity index (χ4v) is 13.4. The van der Waals surface area contributed by atoms with E-state index >= 15 is 0 Å². The lowest BCUT2D eigenvalue weighted by atomic mass is 10.0. The van der Waals surface area contributed by atoms with Gasteiger partial charge in [0.25, 0.3) is 0 Å². The number of ether oxygens (including phenoxy) is 4. The van der Waals surface area contributed by atoms with E-state index in [4.69, 9.17) is 37.0 Å². The van der Waals surface area contributed by atoms with Gasteiger partial charge in [0.2, 0.25) is 0 Å². The molecule has 0 amide bonds. The number of carbonyl (C=O) groups is 4. The van der Waals surface area contributed by atoms with Crippen LogP contribution in [0.2, 0.25) is 0 Å². The highest BCUT2D eigenvalue weighted by Crippen LogP contribution is 2.45. The molecule has 0 saturated heterocycles. The Labute approximate surface area is 588 Å². The quantitative estimate of drug-likeness (QED) is 0.0222. The molecular weight excluding hydrogens is 1260 g/mol. The standard InChI is InChI=1S/C77H150O17P2/c1-7-9-11-13-15-16-17-18-19-20-21-25-28-31-34-37-41-48-54-60-75(80)88-66-72(93-76(81)61-55-49-42-38-35-32-29-26-23-22-24-27-30-33-36-40-45-51-57-69(3)4)67-91-95(83,84)89-63-71(78)64-90-96(85,86)92-68-73(65-87-74(79)59-53-47-39-14-12-10-8-2)94-77(82)62-56-50-44-43-46-52-58-70(5)6/h69-73,78H,7-68H2,1-6H3,(H,83,84)(H,85,86)/t71-,72-,73-/m1/s1. The van der Waals surface area contributed by atoms with E-state index in [1.165, 1.54) is 205 Å². The van der Waals surface area contributed by atoms with Gasteiger partial charge < -0.3 is 33.8 Å². The Morgan fingerprint density at radius 1 is 0.281 bits per heavy atom. The van der Waals surface area contributed by atoms with Gasteiger partial charge in [-0.1, -0.05) is 350 Å². The summed E-state index contributed by atoms with van der Waals surface area (Å²) in [5.74, 6) is -0.635. The molecule has 0 spiro atoms. The lowest BCUT2D eigenvalue weighted by Gasteiger charge is -2.21. The first-order chi connectivity index (χ1) is 46.4. The molecule has 570 valence electrons. The number of esters is 4. The third-order valence-electron chi connectivity index (χ3n) is 18.0. The van der Waals surface area contributed by atoms with Gasteiger partial charge in [0, 0.05) is 25.7 Å². The van der Waals surface area contributed by atoms with Crippen LogP contribution >= 0.6 is 15.6 Å². The Morgan fingerprint density at radius 3 is 0.708 bits per heavy atom. The van der Waals surface area contributed by atoms with Crippen LogP contribution in [0.15, 0.2) is 0 Å². The maximum absolute atomic E-state index is 13.1. The molecule has 0 bridgehead atoms. The molecule has 0 radical (unpaired) electrons. The molecule has 0 aliphatic rings. The summed E-state index contributed by atoms with van der Waals surface area (Å²) in [5, 5.41) is 10.6. The van der Waals surface area contributed by atoms with Gasteiger partial charge in [-0.05, 0) is 37.5 Å². The van der Waals surface area contributed by atoms with Crippen molar-refractivity contribution in [2.24, 2.45) is 11.8 Å². The van der Waals surface area contributed by atoms with Crippen LogP contribution in [0.3, 0.4) is 0 Å². The molecule has 0 fully saturated rings. The van der Waals surface area contributed by atoms with Gasteiger partial charge in [-0.2, -0.15) is 0 Å². The van der Waals surface area contributed by atoms with Crippen molar-refractivity contribution in [2.45, 2.75) is 419 Å². The van der Waals surface area contributed by atoms with Crippen LogP contribution in [-0.4, -0.2) is 96.7 Å². The molecule has 0 rings (SSSR count). The summed E-state index contributed by atoms with van der Waals surface area (Å²) in [7, 11) is -9.90. The molecule has 3 N–H and O–H groups in total. The molecule has 5 atom stereocenters. The maximum atomic E-state index is 13.1. The largest absolute Gasteiger partial charge is 0.472 e. The Hall–Kier alpha value is -1.94. The fourth-order valence-electron chi connectivity index (χ4n) is 11.8.